The fraction of sp³-hybridized carbons (Fsp3) is 0.300. The molecule has 0 aliphatic rings. The van der Waals surface area contributed by atoms with Crippen LogP contribution in [0.1, 0.15) is 18.4 Å². The Morgan fingerprint density at radius 2 is 2.12 bits per heavy atom. The van der Waals surface area contributed by atoms with Crippen LogP contribution in [0.4, 0.5) is 4.39 Å². The summed E-state index contributed by atoms with van der Waals surface area (Å²) < 4.78 is 34.7. The molecule has 16 heavy (non-hydrogen) atoms. The van der Waals surface area contributed by atoms with Gasteiger partial charge in [-0.1, -0.05) is 12.1 Å². The Morgan fingerprint density at radius 3 is 2.62 bits per heavy atom. The van der Waals surface area contributed by atoms with Crippen molar-refractivity contribution in [2.24, 2.45) is 0 Å². The number of hydrogen-bond acceptors (Lipinski definition) is 3. The molecule has 1 atom stereocenters. The number of carbonyl (C=O) groups is 1. The molecule has 0 saturated heterocycles. The molecule has 0 spiro atoms. The highest BCUT2D eigenvalue weighted by molar-refractivity contribution is 7.91. The molecule has 4 nitrogen and oxygen atoms in total. The van der Waals surface area contributed by atoms with Gasteiger partial charge in [-0.2, -0.15) is 0 Å². The summed E-state index contributed by atoms with van der Waals surface area (Å²) in [5.74, 6) is -1.88. The first kappa shape index (κ1) is 12.6. The van der Waals surface area contributed by atoms with Crippen LogP contribution < -0.4 is 0 Å². The van der Waals surface area contributed by atoms with Crippen molar-refractivity contribution in [1.82, 2.24) is 0 Å². The van der Waals surface area contributed by atoms with Gasteiger partial charge in [0.25, 0.3) is 0 Å². The first-order chi connectivity index (χ1) is 7.38. The van der Waals surface area contributed by atoms with Crippen LogP contribution in [-0.4, -0.2) is 25.5 Å². The number of hydrogen-bond donors (Lipinski definition) is 1. The van der Waals surface area contributed by atoms with Crippen molar-refractivity contribution < 1.29 is 22.7 Å². The van der Waals surface area contributed by atoms with E-state index in [0.29, 0.717) is 5.56 Å². The molecule has 0 bridgehead atoms. The second-order valence-electron chi connectivity index (χ2n) is 3.36. The van der Waals surface area contributed by atoms with Crippen LogP contribution in [-0.2, 0) is 14.6 Å². The monoisotopic (exact) mass is 246 g/mol. The Bertz CT molecular complexity index is 495. The van der Waals surface area contributed by atoms with Crippen LogP contribution in [0.3, 0.4) is 0 Å². The van der Waals surface area contributed by atoms with Gasteiger partial charge in [-0.3, -0.25) is 4.79 Å². The molecular formula is C10H11FO4S. The Hall–Kier alpha value is -1.43. The third-order valence-corrected chi connectivity index (χ3v) is 3.49. The van der Waals surface area contributed by atoms with E-state index < -0.39 is 27.7 Å². The van der Waals surface area contributed by atoms with E-state index in [1.54, 1.807) is 0 Å². The van der Waals surface area contributed by atoms with Gasteiger partial charge in [0, 0.05) is 0 Å². The molecule has 0 heterocycles. The zero-order valence-electron chi connectivity index (χ0n) is 8.55. The van der Waals surface area contributed by atoms with Gasteiger partial charge in [0.05, 0.1) is 10.8 Å². The average Bonchev–Trinajstić information content (AvgIpc) is 2.28. The fourth-order valence-corrected chi connectivity index (χ4v) is 1.91. The quantitative estimate of drug-likeness (QED) is 0.875. The maximum Gasteiger partial charge on any atom is 0.310 e. The van der Waals surface area contributed by atoms with Crippen molar-refractivity contribution in [1.29, 1.82) is 0 Å². The van der Waals surface area contributed by atoms with E-state index in [9.17, 15) is 17.6 Å². The minimum absolute atomic E-state index is 0.194. The maximum atomic E-state index is 12.2. The lowest BCUT2D eigenvalue weighted by molar-refractivity contribution is -0.138. The van der Waals surface area contributed by atoms with E-state index in [1.165, 1.54) is 31.2 Å². The summed E-state index contributed by atoms with van der Waals surface area (Å²) in [6, 6.07) is 3.84. The summed E-state index contributed by atoms with van der Waals surface area (Å²) in [4.78, 5) is 10.5. The minimum atomic E-state index is -3.94. The number of sulfone groups is 1. The summed E-state index contributed by atoms with van der Waals surface area (Å²) in [5.41, 5.74) is 0.335. The van der Waals surface area contributed by atoms with E-state index in [1.807, 2.05) is 0 Å². The Labute approximate surface area is 92.6 Å². The van der Waals surface area contributed by atoms with Gasteiger partial charge in [0.2, 0.25) is 9.84 Å². The van der Waals surface area contributed by atoms with E-state index in [2.05, 4.69) is 0 Å². The third kappa shape index (κ3) is 2.57. The Balaban J connectivity index is 3.20. The van der Waals surface area contributed by atoms with Crippen LogP contribution in [0.15, 0.2) is 29.2 Å². The highest BCUT2D eigenvalue weighted by atomic mass is 32.2. The van der Waals surface area contributed by atoms with Crippen LogP contribution in [0.5, 0.6) is 0 Å². The molecule has 1 aromatic carbocycles. The molecule has 6 heteroatoms. The number of carboxylic acid groups (broad SMARTS) is 1. The first-order valence-corrected chi connectivity index (χ1v) is 6.15. The Kier molecular flexibility index (Phi) is 3.64. The van der Waals surface area contributed by atoms with E-state index in [0.717, 1.165) is 0 Å². The topological polar surface area (TPSA) is 71.4 Å². The molecule has 0 saturated carbocycles. The number of carboxylic acids is 1. The van der Waals surface area contributed by atoms with Crippen LogP contribution in [0.2, 0.25) is 0 Å². The molecule has 0 aliphatic carbocycles. The number of aliphatic carboxylic acids is 1. The van der Waals surface area contributed by atoms with Gasteiger partial charge < -0.3 is 5.11 Å². The van der Waals surface area contributed by atoms with Crippen molar-refractivity contribution in [3.05, 3.63) is 29.8 Å². The SMILES string of the molecule is CC(C(=O)O)c1cccc(S(=O)(=O)CF)c1. The van der Waals surface area contributed by atoms with Gasteiger partial charge in [0.15, 0.2) is 6.01 Å². The molecule has 1 unspecified atom stereocenters. The lowest BCUT2D eigenvalue weighted by Crippen LogP contribution is -2.09. The minimum Gasteiger partial charge on any atom is -0.481 e. The predicted molar refractivity (Wildman–Crippen MR) is 55.7 cm³/mol. The summed E-state index contributed by atoms with van der Waals surface area (Å²) in [7, 11) is -3.94. The van der Waals surface area contributed by atoms with Gasteiger partial charge >= 0.3 is 5.97 Å². The largest absolute Gasteiger partial charge is 0.481 e. The highest BCUT2D eigenvalue weighted by Gasteiger charge is 2.18. The van der Waals surface area contributed by atoms with Crippen LogP contribution in [0, 0.1) is 0 Å². The first-order valence-electron chi connectivity index (χ1n) is 4.50. The van der Waals surface area contributed by atoms with E-state index >= 15 is 0 Å². The zero-order chi connectivity index (χ0) is 12.3. The zero-order valence-corrected chi connectivity index (χ0v) is 9.37. The fourth-order valence-electron chi connectivity index (χ4n) is 1.18. The van der Waals surface area contributed by atoms with Crippen molar-refractivity contribution in [2.45, 2.75) is 17.7 Å². The molecule has 0 amide bonds. The van der Waals surface area contributed by atoms with Crippen LogP contribution >= 0.6 is 0 Å². The number of benzene rings is 1. The second-order valence-corrected chi connectivity index (χ2v) is 5.28. The van der Waals surface area contributed by atoms with Gasteiger partial charge in [-0.05, 0) is 24.6 Å². The summed E-state index contributed by atoms with van der Waals surface area (Å²) in [6.07, 6.45) is 0. The van der Waals surface area contributed by atoms with Crippen molar-refractivity contribution in [3.8, 4) is 0 Å². The van der Waals surface area contributed by atoms with Crippen molar-refractivity contribution in [2.75, 3.05) is 6.01 Å². The second kappa shape index (κ2) is 4.61. The summed E-state index contributed by atoms with van der Waals surface area (Å²) in [6.45, 7) is 1.43. The van der Waals surface area contributed by atoms with Gasteiger partial charge in [-0.25, -0.2) is 12.8 Å². The third-order valence-electron chi connectivity index (χ3n) is 2.23. The number of alkyl halides is 1. The number of rotatable bonds is 4. The molecule has 88 valence electrons. The van der Waals surface area contributed by atoms with E-state index in [4.69, 9.17) is 5.11 Å². The average molecular weight is 246 g/mol. The Morgan fingerprint density at radius 1 is 1.50 bits per heavy atom. The van der Waals surface area contributed by atoms with Gasteiger partial charge in [0.1, 0.15) is 0 Å². The summed E-state index contributed by atoms with van der Waals surface area (Å²) in [5, 5.41) is 8.76. The molecule has 1 aromatic rings. The highest BCUT2D eigenvalue weighted by Crippen LogP contribution is 2.20. The lowest BCUT2D eigenvalue weighted by Gasteiger charge is -2.08. The normalized spacial score (nSPS) is 13.4. The van der Waals surface area contributed by atoms with E-state index in [-0.39, 0.29) is 4.90 Å². The van der Waals surface area contributed by atoms with Crippen molar-refractivity contribution in [3.63, 3.8) is 0 Å². The molecule has 0 aromatic heterocycles. The smallest absolute Gasteiger partial charge is 0.310 e. The molecule has 1 rings (SSSR count). The molecule has 0 aliphatic heterocycles. The maximum absolute atomic E-state index is 12.2. The molecule has 1 N–H and O–H groups in total. The predicted octanol–water partition coefficient (Wildman–Crippen LogP) is 1.58. The molecule has 0 fully saturated rings. The molecule has 0 radical (unpaired) electrons. The van der Waals surface area contributed by atoms with Gasteiger partial charge in [-0.15, -0.1) is 0 Å². The van der Waals surface area contributed by atoms with Crippen molar-refractivity contribution >= 4 is 15.8 Å². The molecular weight excluding hydrogens is 235 g/mol. The number of halogens is 1. The van der Waals surface area contributed by atoms with Crippen LogP contribution in [0.25, 0.3) is 0 Å². The summed E-state index contributed by atoms with van der Waals surface area (Å²) >= 11 is 0. The lowest BCUT2D eigenvalue weighted by atomic mass is 10.0. The standard InChI is InChI=1S/C10H11FO4S/c1-7(10(12)13)8-3-2-4-9(5-8)16(14,15)6-11/h2-5,7H,6H2,1H3,(H,12,13).